The average molecular weight is 246 g/mol. The summed E-state index contributed by atoms with van der Waals surface area (Å²) < 4.78 is 5.12. The second-order valence-electron chi connectivity index (χ2n) is 4.07. The van der Waals surface area contributed by atoms with Gasteiger partial charge in [0.2, 0.25) is 5.91 Å². The Morgan fingerprint density at radius 3 is 3.06 bits per heavy atom. The number of amides is 1. The fourth-order valence-corrected chi connectivity index (χ4v) is 2.66. The van der Waals surface area contributed by atoms with Crippen molar-refractivity contribution in [3.8, 4) is 0 Å². The molecule has 2 unspecified atom stereocenters. The van der Waals surface area contributed by atoms with E-state index in [0.29, 0.717) is 6.61 Å². The molecule has 0 bridgehead atoms. The van der Waals surface area contributed by atoms with E-state index in [4.69, 9.17) is 4.74 Å². The highest BCUT2D eigenvalue weighted by molar-refractivity contribution is 7.99. The van der Waals surface area contributed by atoms with E-state index in [1.165, 1.54) is 0 Å². The quantitative estimate of drug-likeness (QED) is 0.703. The van der Waals surface area contributed by atoms with E-state index in [2.05, 4.69) is 17.6 Å². The van der Waals surface area contributed by atoms with E-state index in [1.807, 2.05) is 0 Å². The first-order valence-electron chi connectivity index (χ1n) is 5.88. The van der Waals surface area contributed by atoms with E-state index in [0.717, 1.165) is 30.9 Å². The maximum atomic E-state index is 11.9. The summed E-state index contributed by atoms with van der Waals surface area (Å²) in [6.07, 6.45) is 3.27. The largest absolute Gasteiger partial charge is 0.383 e. The Hall–Kier alpha value is -0.260. The molecule has 1 amide bonds. The van der Waals surface area contributed by atoms with Crippen LogP contribution in [-0.4, -0.2) is 43.3 Å². The van der Waals surface area contributed by atoms with Gasteiger partial charge < -0.3 is 10.1 Å². The number of carbonyl (C=O) groups is 1. The summed E-state index contributed by atoms with van der Waals surface area (Å²) >= 11 is 1.77. The summed E-state index contributed by atoms with van der Waals surface area (Å²) in [4.78, 5) is 11.9. The summed E-state index contributed by atoms with van der Waals surface area (Å²) in [6, 6.07) is 0.135. The molecule has 16 heavy (non-hydrogen) atoms. The lowest BCUT2D eigenvalue weighted by molar-refractivity contribution is -0.123. The molecular formula is C11H22N2O2S. The number of ether oxygens (including phenoxy) is 1. The topological polar surface area (TPSA) is 50.4 Å². The van der Waals surface area contributed by atoms with E-state index in [9.17, 15) is 4.79 Å². The van der Waals surface area contributed by atoms with Gasteiger partial charge in [-0.15, -0.1) is 11.8 Å². The number of nitrogens with one attached hydrogen (secondary N) is 2. The van der Waals surface area contributed by atoms with Gasteiger partial charge in [-0.25, -0.2) is 0 Å². The summed E-state index contributed by atoms with van der Waals surface area (Å²) in [7, 11) is 1.68. The van der Waals surface area contributed by atoms with Crippen molar-refractivity contribution >= 4 is 17.7 Å². The zero-order valence-electron chi connectivity index (χ0n) is 10.1. The first-order chi connectivity index (χ1) is 7.77. The molecule has 1 heterocycles. The molecule has 0 spiro atoms. The first kappa shape index (κ1) is 13.8. The molecule has 1 aliphatic rings. The van der Waals surface area contributed by atoms with E-state index in [1.54, 1.807) is 18.9 Å². The minimum absolute atomic E-state index is 0.0222. The Balaban J connectivity index is 2.30. The summed E-state index contributed by atoms with van der Waals surface area (Å²) in [5.74, 6) is 1.87. The molecular weight excluding hydrogens is 224 g/mol. The lowest BCUT2D eigenvalue weighted by Gasteiger charge is -2.19. The molecule has 1 fully saturated rings. The van der Waals surface area contributed by atoms with Crippen molar-refractivity contribution in [2.45, 2.75) is 38.3 Å². The van der Waals surface area contributed by atoms with Crippen LogP contribution in [-0.2, 0) is 9.53 Å². The second-order valence-corrected chi connectivity index (χ2v) is 5.11. The van der Waals surface area contributed by atoms with Gasteiger partial charge >= 0.3 is 0 Å². The zero-order valence-corrected chi connectivity index (χ0v) is 10.9. The van der Waals surface area contributed by atoms with Crippen molar-refractivity contribution < 1.29 is 9.53 Å². The van der Waals surface area contributed by atoms with Crippen LogP contribution in [0.5, 0.6) is 0 Å². The van der Waals surface area contributed by atoms with Crippen molar-refractivity contribution in [2.24, 2.45) is 0 Å². The van der Waals surface area contributed by atoms with Gasteiger partial charge in [-0.3, -0.25) is 10.1 Å². The van der Waals surface area contributed by atoms with Crippen LogP contribution in [0.2, 0.25) is 0 Å². The van der Waals surface area contributed by atoms with Crippen LogP contribution in [0.1, 0.15) is 26.2 Å². The van der Waals surface area contributed by atoms with Crippen molar-refractivity contribution in [3.05, 3.63) is 0 Å². The zero-order chi connectivity index (χ0) is 11.8. The molecule has 4 nitrogen and oxygen atoms in total. The highest BCUT2D eigenvalue weighted by Gasteiger charge is 2.24. The maximum Gasteiger partial charge on any atom is 0.238 e. The summed E-state index contributed by atoms with van der Waals surface area (Å²) in [6.45, 7) is 2.76. The second kappa shape index (κ2) is 7.92. The molecule has 1 aliphatic heterocycles. The standard InChI is InChI=1S/C11H22N2O2S/c1-3-4-5-9(6-15-2)13-11(14)10-7-16-8-12-10/h9-10,12H,3-8H2,1-2H3,(H,13,14). The monoisotopic (exact) mass is 246 g/mol. The molecule has 0 aromatic rings. The molecule has 0 aliphatic carbocycles. The Morgan fingerprint density at radius 1 is 1.69 bits per heavy atom. The average Bonchev–Trinajstić information content (AvgIpc) is 2.79. The Kier molecular flexibility index (Phi) is 6.84. The smallest absolute Gasteiger partial charge is 0.238 e. The molecule has 2 N–H and O–H groups in total. The fourth-order valence-electron chi connectivity index (χ4n) is 1.71. The van der Waals surface area contributed by atoms with Crippen molar-refractivity contribution in [2.75, 3.05) is 25.3 Å². The Labute approximate surface area is 102 Å². The molecule has 0 aromatic carbocycles. The lowest BCUT2D eigenvalue weighted by Crippen LogP contribution is -2.47. The third kappa shape index (κ3) is 4.72. The van der Waals surface area contributed by atoms with Crippen LogP contribution in [0.3, 0.4) is 0 Å². The van der Waals surface area contributed by atoms with Crippen LogP contribution in [0.15, 0.2) is 0 Å². The van der Waals surface area contributed by atoms with Gasteiger partial charge in [-0.1, -0.05) is 19.8 Å². The van der Waals surface area contributed by atoms with Crippen molar-refractivity contribution in [1.82, 2.24) is 10.6 Å². The minimum atomic E-state index is -0.0222. The molecule has 94 valence electrons. The van der Waals surface area contributed by atoms with Crippen LogP contribution < -0.4 is 10.6 Å². The molecule has 2 atom stereocenters. The highest BCUT2D eigenvalue weighted by Crippen LogP contribution is 2.10. The molecule has 0 radical (unpaired) electrons. The number of methoxy groups -OCH3 is 1. The van der Waals surface area contributed by atoms with Crippen LogP contribution in [0.4, 0.5) is 0 Å². The minimum Gasteiger partial charge on any atom is -0.383 e. The van der Waals surface area contributed by atoms with Gasteiger partial charge in [0, 0.05) is 18.7 Å². The number of thioether (sulfide) groups is 1. The number of rotatable bonds is 7. The third-order valence-corrected chi connectivity index (χ3v) is 3.59. The first-order valence-corrected chi connectivity index (χ1v) is 7.03. The predicted octanol–water partition coefficient (Wildman–Crippen LogP) is 0.970. The molecule has 0 aromatic heterocycles. The SMILES string of the molecule is CCCCC(COC)NC(=O)C1CSCN1. The molecule has 0 saturated carbocycles. The van der Waals surface area contributed by atoms with E-state index in [-0.39, 0.29) is 18.0 Å². The van der Waals surface area contributed by atoms with Crippen molar-refractivity contribution in [1.29, 1.82) is 0 Å². The van der Waals surface area contributed by atoms with Gasteiger partial charge in [0.05, 0.1) is 18.7 Å². The van der Waals surface area contributed by atoms with E-state index < -0.39 is 0 Å². The molecule has 1 rings (SSSR count). The van der Waals surface area contributed by atoms with Gasteiger partial charge in [0.15, 0.2) is 0 Å². The normalized spacial score (nSPS) is 22.0. The van der Waals surface area contributed by atoms with Gasteiger partial charge in [0.1, 0.15) is 0 Å². The maximum absolute atomic E-state index is 11.9. The Morgan fingerprint density at radius 2 is 2.50 bits per heavy atom. The van der Waals surface area contributed by atoms with Gasteiger partial charge in [-0.2, -0.15) is 0 Å². The highest BCUT2D eigenvalue weighted by atomic mass is 32.2. The summed E-state index contributed by atoms with van der Waals surface area (Å²) in [5.41, 5.74) is 0. The Bertz CT molecular complexity index is 208. The number of carbonyl (C=O) groups excluding carboxylic acids is 1. The number of hydrogen-bond acceptors (Lipinski definition) is 4. The molecule has 1 saturated heterocycles. The van der Waals surface area contributed by atoms with E-state index >= 15 is 0 Å². The predicted molar refractivity (Wildman–Crippen MR) is 67.6 cm³/mol. The molecule has 5 heteroatoms. The summed E-state index contributed by atoms with van der Waals surface area (Å²) in [5, 5.41) is 6.22. The number of unbranched alkanes of at least 4 members (excludes halogenated alkanes) is 1. The number of hydrogen-bond donors (Lipinski definition) is 2. The van der Waals surface area contributed by atoms with Crippen molar-refractivity contribution in [3.63, 3.8) is 0 Å². The third-order valence-electron chi connectivity index (χ3n) is 2.65. The van der Waals surface area contributed by atoms with Crippen LogP contribution in [0, 0.1) is 0 Å². The lowest BCUT2D eigenvalue weighted by atomic mass is 10.1. The van der Waals surface area contributed by atoms with Gasteiger partial charge in [0.25, 0.3) is 0 Å². The fraction of sp³-hybridized carbons (Fsp3) is 0.909. The van der Waals surface area contributed by atoms with Gasteiger partial charge in [-0.05, 0) is 6.42 Å². The van der Waals surface area contributed by atoms with Crippen LogP contribution in [0.25, 0.3) is 0 Å². The van der Waals surface area contributed by atoms with Crippen LogP contribution >= 0.6 is 11.8 Å².